The topological polar surface area (TPSA) is 135 Å². The molecular formula is C51H64F2N6O4. The minimum absolute atomic E-state index is 0. The van der Waals surface area contributed by atoms with Crippen LogP contribution in [0.4, 0.5) is 20.2 Å². The summed E-state index contributed by atoms with van der Waals surface area (Å²) in [5.74, 6) is 2.49. The number of piperidine rings is 2. The summed E-state index contributed by atoms with van der Waals surface area (Å²) in [5.41, 5.74) is 0.669. The first-order valence-electron chi connectivity index (χ1n) is 23.8. The Balaban J connectivity index is 0.000000147. The van der Waals surface area contributed by atoms with Crippen LogP contribution >= 0.6 is 0 Å². The molecule has 8 aliphatic carbocycles. The molecule has 4 heterocycles. The molecule has 8 saturated carbocycles. The van der Waals surface area contributed by atoms with Crippen molar-refractivity contribution in [3.05, 3.63) is 59.2 Å². The molecule has 4 aliphatic heterocycles. The SMILES string of the molecule is C.N#Cc1ccc(N2CCCC3(CCN(C45CC6CC(C4)C(O)C(C6)C5)C3=O)C2)c(F)c1.N#Cc1ccc(N2CCCC3(CCN(C45CC6CC(C4)C(O)C(C6)C5)C3=O)C2)c(F)c1. The largest absolute Gasteiger partial charge is 0.393 e. The van der Waals surface area contributed by atoms with E-state index in [0.717, 1.165) is 129 Å². The lowest BCUT2D eigenvalue weighted by molar-refractivity contribution is -0.168. The van der Waals surface area contributed by atoms with E-state index in [1.54, 1.807) is 24.3 Å². The first kappa shape index (κ1) is 42.7. The number of hydrogen-bond acceptors (Lipinski definition) is 8. The standard InChI is InChI=1S/2C25H30FN3O2.CH4/c2*26-20-10-16(14-27)2-3-21(20)28-6-1-4-24(15-28)5-7-29(23(24)31)25-11-17-8-18(12-25)22(30)19(9-17)13-25;/h2*2-3,10,17-19,22,30H,1,4-9,11-13,15H2;1H4. The van der Waals surface area contributed by atoms with Crippen molar-refractivity contribution in [3.8, 4) is 12.1 Å². The van der Waals surface area contributed by atoms with Crippen molar-refractivity contribution in [2.24, 2.45) is 46.3 Å². The molecule has 336 valence electrons. The summed E-state index contributed by atoms with van der Waals surface area (Å²) in [4.78, 5) is 36.3. The Labute approximate surface area is 371 Å². The number of aliphatic hydroxyl groups excluding tert-OH is 2. The molecule has 4 saturated heterocycles. The third-order valence-corrected chi connectivity index (χ3v) is 18.5. The molecule has 63 heavy (non-hydrogen) atoms. The van der Waals surface area contributed by atoms with Crippen LogP contribution < -0.4 is 9.80 Å². The Kier molecular flexibility index (Phi) is 10.5. The van der Waals surface area contributed by atoms with Gasteiger partial charge in [-0.15, -0.1) is 0 Å². The fourth-order valence-electron chi connectivity index (χ4n) is 16.2. The van der Waals surface area contributed by atoms with Gasteiger partial charge in [0.15, 0.2) is 0 Å². The number of anilines is 2. The van der Waals surface area contributed by atoms with E-state index in [9.17, 15) is 28.6 Å². The lowest BCUT2D eigenvalue weighted by atomic mass is 9.51. The van der Waals surface area contributed by atoms with E-state index < -0.39 is 10.8 Å². The van der Waals surface area contributed by atoms with Crippen LogP contribution in [0.2, 0.25) is 0 Å². The third-order valence-electron chi connectivity index (χ3n) is 18.5. The highest BCUT2D eigenvalue weighted by atomic mass is 19.1. The van der Waals surface area contributed by atoms with Gasteiger partial charge >= 0.3 is 0 Å². The number of carbonyl (C=O) groups excluding carboxylic acids is 2. The molecule has 6 unspecified atom stereocenters. The lowest BCUT2D eigenvalue weighted by Gasteiger charge is -2.61. The van der Waals surface area contributed by atoms with Crippen LogP contribution in [0.1, 0.15) is 121 Å². The molecule has 14 rings (SSSR count). The smallest absolute Gasteiger partial charge is 0.231 e. The van der Waals surface area contributed by atoms with E-state index in [0.29, 0.717) is 71.1 Å². The number of rotatable bonds is 4. The predicted molar refractivity (Wildman–Crippen MR) is 234 cm³/mol. The van der Waals surface area contributed by atoms with Gasteiger partial charge in [0.2, 0.25) is 11.8 Å². The second-order valence-electron chi connectivity index (χ2n) is 22.0. The van der Waals surface area contributed by atoms with Gasteiger partial charge in [0, 0.05) is 50.3 Å². The number of aliphatic hydroxyl groups is 2. The van der Waals surface area contributed by atoms with Gasteiger partial charge in [0.05, 0.1) is 57.7 Å². The highest BCUT2D eigenvalue weighted by Gasteiger charge is 2.64. The van der Waals surface area contributed by atoms with E-state index in [2.05, 4.69) is 9.80 Å². The maximum atomic E-state index is 14.7. The maximum absolute atomic E-state index is 14.7. The van der Waals surface area contributed by atoms with Gasteiger partial charge in [-0.3, -0.25) is 9.59 Å². The summed E-state index contributed by atoms with van der Waals surface area (Å²) in [5, 5.41) is 39.4. The van der Waals surface area contributed by atoms with Crippen LogP contribution in [0.3, 0.4) is 0 Å². The van der Waals surface area contributed by atoms with Gasteiger partial charge in [-0.2, -0.15) is 10.5 Å². The van der Waals surface area contributed by atoms with Crippen molar-refractivity contribution in [2.75, 3.05) is 49.1 Å². The summed E-state index contributed by atoms with van der Waals surface area (Å²) >= 11 is 0. The summed E-state index contributed by atoms with van der Waals surface area (Å²) < 4.78 is 29.4. The zero-order valence-electron chi connectivity index (χ0n) is 35.8. The molecule has 0 radical (unpaired) electrons. The Bertz CT molecular complexity index is 2070. The van der Waals surface area contributed by atoms with Crippen LogP contribution in [0.25, 0.3) is 0 Å². The number of amides is 2. The molecule has 2 aromatic rings. The molecule has 6 atom stereocenters. The number of hydrogen-bond donors (Lipinski definition) is 2. The molecule has 12 heteroatoms. The zero-order chi connectivity index (χ0) is 42.8. The summed E-state index contributed by atoms with van der Waals surface area (Å²) in [7, 11) is 0. The van der Waals surface area contributed by atoms with Crippen LogP contribution in [-0.4, -0.2) is 94.4 Å². The summed E-state index contributed by atoms with van der Waals surface area (Å²) in [6, 6.07) is 13.2. The molecule has 12 fully saturated rings. The van der Waals surface area contributed by atoms with Gasteiger partial charge < -0.3 is 29.8 Å². The van der Waals surface area contributed by atoms with E-state index in [1.165, 1.54) is 12.1 Å². The normalized spacial score (nSPS) is 40.6. The Morgan fingerprint density at radius 3 is 1.30 bits per heavy atom. The third kappa shape index (κ3) is 6.69. The summed E-state index contributed by atoms with van der Waals surface area (Å²) in [6.07, 6.45) is 15.3. The van der Waals surface area contributed by atoms with Crippen molar-refractivity contribution in [2.45, 2.75) is 133 Å². The number of nitriles is 2. The minimum atomic E-state index is -0.430. The maximum Gasteiger partial charge on any atom is 0.231 e. The minimum Gasteiger partial charge on any atom is -0.393 e. The first-order valence-corrected chi connectivity index (χ1v) is 23.8. The average molecular weight is 863 g/mol. The predicted octanol–water partition coefficient (Wildman–Crippen LogP) is 7.55. The Morgan fingerprint density at radius 2 is 0.952 bits per heavy atom. The second kappa shape index (κ2) is 15.4. The average Bonchev–Trinajstić information content (AvgIpc) is 3.75. The van der Waals surface area contributed by atoms with Gasteiger partial charge in [-0.25, -0.2) is 8.78 Å². The monoisotopic (exact) mass is 862 g/mol. The number of nitrogens with zero attached hydrogens (tertiary/aromatic N) is 6. The van der Waals surface area contributed by atoms with Crippen molar-refractivity contribution in [3.63, 3.8) is 0 Å². The fraction of sp³-hybridized carbons (Fsp3) is 0.686. The van der Waals surface area contributed by atoms with Crippen molar-refractivity contribution < 1.29 is 28.6 Å². The molecule has 2 amide bonds. The fourth-order valence-corrected chi connectivity index (χ4v) is 16.2. The zero-order valence-corrected chi connectivity index (χ0v) is 35.8. The molecule has 8 bridgehead atoms. The quantitative estimate of drug-likeness (QED) is 0.322. The Morgan fingerprint density at radius 1 is 0.571 bits per heavy atom. The van der Waals surface area contributed by atoms with Crippen molar-refractivity contribution in [1.29, 1.82) is 10.5 Å². The van der Waals surface area contributed by atoms with Gasteiger partial charge in [0.25, 0.3) is 0 Å². The molecular weight excluding hydrogens is 799 g/mol. The number of benzene rings is 2. The van der Waals surface area contributed by atoms with Gasteiger partial charge in [0.1, 0.15) is 11.6 Å². The van der Waals surface area contributed by atoms with E-state index in [-0.39, 0.29) is 54.2 Å². The Hall–Kier alpha value is -4.26. The molecule has 2 aromatic carbocycles. The number of likely N-dealkylation sites (tertiary alicyclic amines) is 2. The highest BCUT2D eigenvalue weighted by molar-refractivity contribution is 5.87. The lowest BCUT2D eigenvalue weighted by Crippen LogP contribution is -2.65. The van der Waals surface area contributed by atoms with Crippen LogP contribution in [0, 0.1) is 80.6 Å². The van der Waals surface area contributed by atoms with E-state index >= 15 is 0 Å². The highest BCUT2D eigenvalue weighted by Crippen LogP contribution is 2.61. The van der Waals surface area contributed by atoms with Crippen molar-refractivity contribution >= 4 is 23.2 Å². The molecule has 2 N–H and O–H groups in total. The van der Waals surface area contributed by atoms with E-state index in [4.69, 9.17) is 10.5 Å². The van der Waals surface area contributed by atoms with Crippen LogP contribution in [0.5, 0.6) is 0 Å². The molecule has 0 aromatic heterocycles. The van der Waals surface area contributed by atoms with E-state index in [1.807, 2.05) is 21.9 Å². The number of carbonyl (C=O) groups is 2. The van der Waals surface area contributed by atoms with Crippen LogP contribution in [0.15, 0.2) is 36.4 Å². The first-order chi connectivity index (χ1) is 29.9. The second-order valence-corrected chi connectivity index (χ2v) is 22.0. The molecule has 2 spiro atoms. The van der Waals surface area contributed by atoms with Crippen molar-refractivity contribution in [1.82, 2.24) is 9.80 Å². The number of halogens is 2. The summed E-state index contributed by atoms with van der Waals surface area (Å²) in [6.45, 7) is 4.18. The molecule has 12 aliphatic rings. The molecule has 10 nitrogen and oxygen atoms in total. The van der Waals surface area contributed by atoms with Gasteiger partial charge in [-0.1, -0.05) is 7.43 Å². The van der Waals surface area contributed by atoms with Gasteiger partial charge in [-0.05, 0) is 175 Å². The van der Waals surface area contributed by atoms with Crippen LogP contribution in [-0.2, 0) is 9.59 Å².